The standard InChI is InChI=1S/C10H12N4O5/c1-2-10(18)7(16)5(4-15)19-8(10)14-9(17)13-6(11)3-12-14/h1,3,5,7-8,15-16,18H,4H2,(H2,11,13,17)/t5-,7+,8-,10?/m1/s1/i4D2. The maximum absolute atomic E-state index is 11.7. The molecular weight excluding hydrogens is 256 g/mol. The Kier molecular flexibility index (Phi) is 2.63. The lowest BCUT2D eigenvalue weighted by Gasteiger charge is -2.25. The van der Waals surface area contributed by atoms with Crippen LogP contribution in [0.4, 0.5) is 5.82 Å². The van der Waals surface area contributed by atoms with Crippen LogP contribution in [0.1, 0.15) is 8.97 Å². The number of nitrogen functional groups attached to an aromatic ring is 1. The topological polar surface area (TPSA) is 144 Å². The number of anilines is 1. The van der Waals surface area contributed by atoms with E-state index in [1.54, 1.807) is 0 Å². The molecule has 9 heteroatoms. The van der Waals surface area contributed by atoms with Crippen molar-refractivity contribution in [1.29, 1.82) is 0 Å². The van der Waals surface area contributed by atoms with Crippen LogP contribution in [0.15, 0.2) is 11.0 Å². The number of nitrogens with zero attached hydrogens (tertiary/aromatic N) is 3. The van der Waals surface area contributed by atoms with Gasteiger partial charge in [0.15, 0.2) is 6.23 Å². The van der Waals surface area contributed by atoms with Gasteiger partial charge < -0.3 is 25.8 Å². The van der Waals surface area contributed by atoms with Gasteiger partial charge in [-0.15, -0.1) is 6.42 Å². The van der Waals surface area contributed by atoms with Gasteiger partial charge in [0.25, 0.3) is 0 Å². The molecule has 4 atom stereocenters. The highest BCUT2D eigenvalue weighted by atomic mass is 16.6. The van der Waals surface area contributed by atoms with E-state index in [-0.39, 0.29) is 5.82 Å². The number of aromatic nitrogens is 3. The molecule has 2 rings (SSSR count). The number of hydrogen-bond acceptors (Lipinski definition) is 8. The molecule has 0 bridgehead atoms. The van der Waals surface area contributed by atoms with Crippen LogP contribution >= 0.6 is 0 Å². The second-order valence-electron chi connectivity index (χ2n) is 3.86. The first-order valence-corrected chi connectivity index (χ1v) is 5.08. The number of hydrogen-bond donors (Lipinski definition) is 4. The van der Waals surface area contributed by atoms with Crippen molar-refractivity contribution in [2.24, 2.45) is 0 Å². The van der Waals surface area contributed by atoms with Crippen molar-refractivity contribution in [3.63, 3.8) is 0 Å². The van der Waals surface area contributed by atoms with Crippen molar-refractivity contribution in [1.82, 2.24) is 14.8 Å². The van der Waals surface area contributed by atoms with Gasteiger partial charge in [-0.25, -0.2) is 4.79 Å². The number of terminal acetylenes is 1. The fourth-order valence-corrected chi connectivity index (χ4v) is 1.72. The minimum absolute atomic E-state index is 0.187. The summed E-state index contributed by atoms with van der Waals surface area (Å²) in [6.45, 7) is -3.01. The summed E-state index contributed by atoms with van der Waals surface area (Å²) >= 11 is 0. The summed E-state index contributed by atoms with van der Waals surface area (Å²) in [6.07, 6.45) is 0.481. The zero-order valence-electron chi connectivity index (χ0n) is 11.5. The maximum atomic E-state index is 11.7. The Hall–Kier alpha value is -1.99. The molecule has 1 aromatic heterocycles. The highest BCUT2D eigenvalue weighted by Gasteiger charge is 2.56. The zero-order chi connectivity index (χ0) is 16.0. The third-order valence-electron chi connectivity index (χ3n) is 2.71. The molecule has 0 amide bonds. The predicted octanol–water partition coefficient (Wildman–Crippen LogP) is -3.16. The van der Waals surface area contributed by atoms with Gasteiger partial charge in [0, 0.05) is 0 Å². The van der Waals surface area contributed by atoms with E-state index >= 15 is 0 Å². The molecule has 0 aliphatic carbocycles. The Morgan fingerprint density at radius 2 is 2.47 bits per heavy atom. The fraction of sp³-hybridized carbons (Fsp3) is 0.500. The number of ether oxygens (including phenoxy) is 1. The fourth-order valence-electron chi connectivity index (χ4n) is 1.72. The zero-order valence-corrected chi connectivity index (χ0v) is 9.46. The Morgan fingerprint density at radius 1 is 1.79 bits per heavy atom. The highest BCUT2D eigenvalue weighted by molar-refractivity contribution is 5.21. The molecule has 0 radical (unpaired) electrons. The molecule has 0 aromatic carbocycles. The summed E-state index contributed by atoms with van der Waals surface area (Å²) in [7, 11) is 0. The van der Waals surface area contributed by atoms with E-state index in [4.69, 9.17) is 19.6 Å². The average molecular weight is 270 g/mol. The van der Waals surface area contributed by atoms with Crippen LogP contribution in [-0.4, -0.2) is 54.5 Å². The summed E-state index contributed by atoms with van der Waals surface area (Å²) in [5.41, 5.74) is 1.75. The van der Waals surface area contributed by atoms with Gasteiger partial charge >= 0.3 is 5.69 Å². The first-order chi connectivity index (χ1) is 9.61. The molecule has 2 heterocycles. The molecule has 1 aliphatic rings. The van der Waals surface area contributed by atoms with Crippen LogP contribution < -0.4 is 11.4 Å². The Bertz CT molecular complexity index is 654. The lowest BCUT2D eigenvalue weighted by atomic mass is 9.95. The van der Waals surface area contributed by atoms with Crippen molar-refractivity contribution >= 4 is 5.82 Å². The van der Waals surface area contributed by atoms with Crippen molar-refractivity contribution in [2.45, 2.75) is 24.0 Å². The van der Waals surface area contributed by atoms with Crippen LogP contribution in [0.3, 0.4) is 0 Å². The van der Waals surface area contributed by atoms with Gasteiger partial charge in [0.05, 0.1) is 15.5 Å². The van der Waals surface area contributed by atoms with E-state index in [0.29, 0.717) is 4.68 Å². The molecule has 19 heavy (non-hydrogen) atoms. The van der Waals surface area contributed by atoms with Gasteiger partial charge in [-0.1, -0.05) is 5.92 Å². The van der Waals surface area contributed by atoms with Gasteiger partial charge in [-0.2, -0.15) is 14.8 Å². The molecule has 5 N–H and O–H groups in total. The molecule has 0 saturated carbocycles. The summed E-state index contributed by atoms with van der Waals surface area (Å²) in [5.74, 6) is 1.64. The molecule has 9 nitrogen and oxygen atoms in total. The molecule has 0 spiro atoms. The maximum Gasteiger partial charge on any atom is 0.368 e. The van der Waals surface area contributed by atoms with E-state index in [9.17, 15) is 20.1 Å². The van der Waals surface area contributed by atoms with Gasteiger partial charge in [0.2, 0.25) is 5.60 Å². The monoisotopic (exact) mass is 270 g/mol. The van der Waals surface area contributed by atoms with Crippen molar-refractivity contribution in [2.75, 3.05) is 12.3 Å². The quantitative estimate of drug-likeness (QED) is 0.412. The first kappa shape index (κ1) is 10.9. The number of aliphatic hydroxyl groups excluding tert-OH is 1. The van der Waals surface area contributed by atoms with Gasteiger partial charge in [0.1, 0.15) is 18.0 Å². The first-order valence-electron chi connectivity index (χ1n) is 6.08. The van der Waals surface area contributed by atoms with E-state index < -0.39 is 36.3 Å². The molecule has 1 unspecified atom stereocenters. The molecule has 1 fully saturated rings. The van der Waals surface area contributed by atoms with E-state index in [0.717, 1.165) is 6.20 Å². The van der Waals surface area contributed by atoms with Gasteiger partial charge in [-0.05, 0) is 0 Å². The van der Waals surface area contributed by atoms with Crippen LogP contribution in [0, 0.1) is 12.3 Å². The minimum Gasteiger partial charge on any atom is -0.394 e. The van der Waals surface area contributed by atoms with Crippen LogP contribution in [0.2, 0.25) is 0 Å². The minimum atomic E-state index is -3.01. The van der Waals surface area contributed by atoms with E-state index in [2.05, 4.69) is 10.1 Å². The lowest BCUT2D eigenvalue weighted by Crippen LogP contribution is -2.48. The Morgan fingerprint density at radius 3 is 3.00 bits per heavy atom. The third-order valence-corrected chi connectivity index (χ3v) is 2.71. The second-order valence-corrected chi connectivity index (χ2v) is 3.86. The summed E-state index contributed by atoms with van der Waals surface area (Å²) in [5, 5.41) is 33.1. The van der Waals surface area contributed by atoms with Gasteiger partial charge in [-0.3, -0.25) is 0 Å². The molecule has 1 aromatic rings. The molecular formula is C10H12N4O5. The van der Waals surface area contributed by atoms with Crippen LogP contribution in [0.25, 0.3) is 0 Å². The van der Waals surface area contributed by atoms with E-state index in [1.165, 1.54) is 0 Å². The number of nitrogens with two attached hydrogens (primary N) is 1. The average Bonchev–Trinajstić information content (AvgIpc) is 2.63. The summed E-state index contributed by atoms with van der Waals surface area (Å²) < 4.78 is 19.8. The smallest absolute Gasteiger partial charge is 0.368 e. The van der Waals surface area contributed by atoms with E-state index in [1.807, 2.05) is 5.92 Å². The van der Waals surface area contributed by atoms with Crippen molar-refractivity contribution < 1.29 is 22.8 Å². The highest BCUT2D eigenvalue weighted by Crippen LogP contribution is 2.36. The van der Waals surface area contributed by atoms with Crippen molar-refractivity contribution in [3.05, 3.63) is 16.7 Å². The predicted molar refractivity (Wildman–Crippen MR) is 61.5 cm³/mol. The second kappa shape index (κ2) is 4.60. The Labute approximate surface area is 110 Å². The van der Waals surface area contributed by atoms with Crippen LogP contribution in [-0.2, 0) is 4.74 Å². The normalized spacial score (nSPS) is 36.4. The van der Waals surface area contributed by atoms with Crippen molar-refractivity contribution in [3.8, 4) is 12.3 Å². The number of rotatable bonds is 2. The largest absolute Gasteiger partial charge is 0.394 e. The third kappa shape index (κ3) is 1.96. The lowest BCUT2D eigenvalue weighted by molar-refractivity contribution is -0.0835. The summed E-state index contributed by atoms with van der Waals surface area (Å²) in [6, 6.07) is 0. The molecule has 1 saturated heterocycles. The Balaban J connectivity index is 2.53. The molecule has 1 aliphatic heterocycles. The number of aliphatic hydroxyl groups is 3. The molecule has 102 valence electrons. The summed E-state index contributed by atoms with van der Waals surface area (Å²) in [4.78, 5) is 15.1. The SMILES string of the molecule is [2H]C([2H])(O)[C@H]1O[C@@H](n2ncc(N)nc2=O)C(O)(C#C)[C@H]1O. The van der Waals surface area contributed by atoms with Crippen LogP contribution in [0.5, 0.6) is 0 Å².